The van der Waals surface area contributed by atoms with Crippen LogP contribution in [0.1, 0.15) is 55.4 Å². The highest BCUT2D eigenvalue weighted by Gasteiger charge is 2.26. The maximum Gasteiger partial charge on any atom is 0.282 e. The molecule has 6 nitrogen and oxygen atoms in total. The van der Waals surface area contributed by atoms with Gasteiger partial charge in [0.2, 0.25) is 5.91 Å². The Hall–Kier alpha value is -2.39. The highest BCUT2D eigenvalue weighted by molar-refractivity contribution is 5.79. The van der Waals surface area contributed by atoms with Crippen molar-refractivity contribution in [2.24, 2.45) is 0 Å². The number of amides is 1. The molecular weight excluding hydrogens is 342 g/mol. The second kappa shape index (κ2) is 7.66. The Morgan fingerprint density at radius 1 is 1.28 bits per heavy atom. The number of hydrogen-bond donors (Lipinski definition) is 1. The van der Waals surface area contributed by atoms with Crippen LogP contribution in [-0.4, -0.2) is 25.5 Å². The maximum absolute atomic E-state index is 13.0. The Labute approximate surface area is 141 Å². The third-order valence-electron chi connectivity index (χ3n) is 3.93. The molecule has 0 aromatic carbocycles. The van der Waals surface area contributed by atoms with E-state index >= 15 is 0 Å². The molecule has 0 aliphatic carbocycles. The van der Waals surface area contributed by atoms with Gasteiger partial charge in [-0.05, 0) is 26.8 Å². The molecule has 0 radical (unpaired) electrons. The van der Waals surface area contributed by atoms with E-state index in [2.05, 4.69) is 15.5 Å². The number of rotatable bonds is 7. The van der Waals surface area contributed by atoms with Gasteiger partial charge in [-0.25, -0.2) is 17.6 Å². The van der Waals surface area contributed by atoms with Crippen LogP contribution in [0.3, 0.4) is 0 Å². The zero-order valence-corrected chi connectivity index (χ0v) is 14.0. The molecule has 0 fully saturated rings. The van der Waals surface area contributed by atoms with E-state index in [1.807, 2.05) is 13.8 Å². The van der Waals surface area contributed by atoms with Crippen LogP contribution in [0.5, 0.6) is 0 Å². The minimum Gasteiger partial charge on any atom is -0.350 e. The summed E-state index contributed by atoms with van der Waals surface area (Å²) in [6, 6.07) is -0.535. The monoisotopic (exact) mass is 361 g/mol. The van der Waals surface area contributed by atoms with Crippen molar-refractivity contribution in [3.8, 4) is 0 Å². The van der Waals surface area contributed by atoms with Gasteiger partial charge in [0.1, 0.15) is 17.4 Å². The highest BCUT2D eigenvalue weighted by Crippen LogP contribution is 2.27. The predicted octanol–water partition coefficient (Wildman–Crippen LogP) is 3.16. The van der Waals surface area contributed by atoms with Gasteiger partial charge >= 0.3 is 0 Å². The van der Waals surface area contributed by atoms with Crippen LogP contribution in [0.4, 0.5) is 17.6 Å². The van der Waals surface area contributed by atoms with Crippen LogP contribution in [0.2, 0.25) is 0 Å². The van der Waals surface area contributed by atoms with Gasteiger partial charge in [-0.1, -0.05) is 0 Å². The summed E-state index contributed by atoms with van der Waals surface area (Å²) in [6.07, 6.45) is -4.39. The van der Waals surface area contributed by atoms with E-state index in [0.717, 1.165) is 11.3 Å². The fourth-order valence-electron chi connectivity index (χ4n) is 2.43. The van der Waals surface area contributed by atoms with Gasteiger partial charge in [0.05, 0.1) is 6.20 Å². The topological polar surface area (TPSA) is 64.7 Å². The number of nitrogens with one attached hydrogen (secondary N) is 1. The maximum atomic E-state index is 13.0. The lowest BCUT2D eigenvalue weighted by atomic mass is 10.2. The first-order valence-corrected chi connectivity index (χ1v) is 7.70. The summed E-state index contributed by atoms with van der Waals surface area (Å²) in [5.41, 5.74) is 0.163. The molecule has 2 heterocycles. The summed E-state index contributed by atoms with van der Waals surface area (Å²) in [5.74, 6) is -0.602. The van der Waals surface area contributed by atoms with Crippen LogP contribution >= 0.6 is 0 Å². The van der Waals surface area contributed by atoms with Crippen LogP contribution < -0.4 is 5.32 Å². The van der Waals surface area contributed by atoms with Gasteiger partial charge in [0, 0.05) is 24.3 Å². The molecule has 1 N–H and O–H groups in total. The number of nitrogens with zero attached hydrogens (tertiary/aromatic N) is 4. The smallest absolute Gasteiger partial charge is 0.282 e. The largest absolute Gasteiger partial charge is 0.350 e. The van der Waals surface area contributed by atoms with Crippen LogP contribution in [0.15, 0.2) is 12.3 Å². The predicted molar refractivity (Wildman–Crippen MR) is 81.3 cm³/mol. The minimum absolute atomic E-state index is 0.155. The van der Waals surface area contributed by atoms with E-state index in [1.165, 1.54) is 6.92 Å². The van der Waals surface area contributed by atoms with Crippen molar-refractivity contribution >= 4 is 5.91 Å². The Morgan fingerprint density at radius 3 is 2.48 bits per heavy atom. The van der Waals surface area contributed by atoms with Crippen molar-refractivity contribution in [3.05, 3.63) is 34.9 Å². The molecule has 0 spiro atoms. The standard InChI is InChI=1S/C15H19F4N5O/c1-4-23-8(2)10(7-21-23)6-20-15(25)9(3)24-12(14(18)19)5-11(22-24)13(16)17/h5,7,9,13-14H,4,6H2,1-3H3,(H,20,25). The van der Waals surface area contributed by atoms with E-state index in [1.54, 1.807) is 10.9 Å². The van der Waals surface area contributed by atoms with E-state index in [9.17, 15) is 22.4 Å². The molecular formula is C15H19F4N5O. The third kappa shape index (κ3) is 3.99. The fraction of sp³-hybridized carbons (Fsp3) is 0.533. The number of halogens is 4. The van der Waals surface area contributed by atoms with Crippen molar-refractivity contribution in [1.29, 1.82) is 0 Å². The lowest BCUT2D eigenvalue weighted by molar-refractivity contribution is -0.124. The lowest BCUT2D eigenvalue weighted by Crippen LogP contribution is -2.32. The molecule has 10 heteroatoms. The Bertz CT molecular complexity index is 740. The van der Waals surface area contributed by atoms with Gasteiger partial charge in [0.15, 0.2) is 0 Å². The first-order chi connectivity index (χ1) is 11.8. The Balaban J connectivity index is 2.12. The van der Waals surface area contributed by atoms with Gasteiger partial charge in [-0.15, -0.1) is 0 Å². The Morgan fingerprint density at radius 2 is 1.96 bits per heavy atom. The molecule has 0 aliphatic heterocycles. The molecule has 1 atom stereocenters. The molecule has 1 amide bonds. The quantitative estimate of drug-likeness (QED) is 0.771. The molecule has 138 valence electrons. The minimum atomic E-state index is -3.01. The van der Waals surface area contributed by atoms with E-state index in [0.29, 0.717) is 17.3 Å². The summed E-state index contributed by atoms with van der Waals surface area (Å²) in [7, 11) is 0. The van der Waals surface area contributed by atoms with Crippen LogP contribution in [0.25, 0.3) is 0 Å². The molecule has 25 heavy (non-hydrogen) atoms. The molecule has 2 aromatic heterocycles. The molecule has 2 aromatic rings. The van der Waals surface area contributed by atoms with Gasteiger partial charge in [-0.2, -0.15) is 10.2 Å². The van der Waals surface area contributed by atoms with Gasteiger partial charge in [0.25, 0.3) is 12.9 Å². The second-order valence-corrected chi connectivity index (χ2v) is 5.50. The molecule has 0 saturated heterocycles. The second-order valence-electron chi connectivity index (χ2n) is 5.50. The molecule has 0 saturated carbocycles. The van der Waals surface area contributed by atoms with Crippen molar-refractivity contribution in [2.45, 2.75) is 52.8 Å². The normalized spacial score (nSPS) is 12.8. The van der Waals surface area contributed by atoms with Crippen LogP contribution in [0, 0.1) is 6.92 Å². The number of carbonyl (C=O) groups is 1. The zero-order valence-electron chi connectivity index (χ0n) is 14.0. The molecule has 0 bridgehead atoms. The van der Waals surface area contributed by atoms with Crippen molar-refractivity contribution in [2.75, 3.05) is 0 Å². The average Bonchev–Trinajstić information content (AvgIpc) is 3.16. The average molecular weight is 361 g/mol. The van der Waals surface area contributed by atoms with E-state index in [4.69, 9.17) is 0 Å². The van der Waals surface area contributed by atoms with Gasteiger partial charge in [-0.3, -0.25) is 14.2 Å². The highest BCUT2D eigenvalue weighted by atomic mass is 19.3. The molecule has 1 unspecified atom stereocenters. The Kier molecular flexibility index (Phi) is 5.81. The zero-order chi connectivity index (χ0) is 18.7. The number of aromatic nitrogens is 4. The summed E-state index contributed by atoms with van der Waals surface area (Å²) in [4.78, 5) is 12.2. The van der Waals surface area contributed by atoms with Crippen LogP contribution in [-0.2, 0) is 17.9 Å². The number of carbonyl (C=O) groups excluding carboxylic acids is 1. The third-order valence-corrected chi connectivity index (χ3v) is 3.93. The number of aryl methyl sites for hydroxylation is 1. The summed E-state index contributed by atoms with van der Waals surface area (Å²) >= 11 is 0. The van der Waals surface area contributed by atoms with Crippen molar-refractivity contribution in [1.82, 2.24) is 24.9 Å². The first kappa shape index (κ1) is 18.9. The fourth-order valence-corrected chi connectivity index (χ4v) is 2.43. The first-order valence-electron chi connectivity index (χ1n) is 7.70. The summed E-state index contributed by atoms with van der Waals surface area (Å²) in [5, 5.41) is 10.2. The van der Waals surface area contributed by atoms with Crippen molar-refractivity contribution < 1.29 is 22.4 Å². The summed E-state index contributed by atoms with van der Waals surface area (Å²) < 4.78 is 53.9. The summed E-state index contributed by atoms with van der Waals surface area (Å²) in [6.45, 7) is 5.93. The van der Waals surface area contributed by atoms with E-state index in [-0.39, 0.29) is 6.54 Å². The number of hydrogen-bond acceptors (Lipinski definition) is 3. The van der Waals surface area contributed by atoms with Gasteiger partial charge < -0.3 is 5.32 Å². The lowest BCUT2D eigenvalue weighted by Gasteiger charge is -2.15. The number of alkyl halides is 4. The SMILES string of the molecule is CCn1ncc(CNC(=O)C(C)n2nc(C(F)F)cc2C(F)F)c1C. The van der Waals surface area contributed by atoms with E-state index < -0.39 is 36.2 Å². The molecule has 2 rings (SSSR count). The van der Waals surface area contributed by atoms with Crippen molar-refractivity contribution in [3.63, 3.8) is 0 Å². The molecule has 0 aliphatic rings.